The molecule has 2 N–H and O–H groups in total. The summed E-state index contributed by atoms with van der Waals surface area (Å²) in [6.45, 7) is 10.6. The third kappa shape index (κ3) is 5.76. The molecule has 2 aliphatic rings. The highest BCUT2D eigenvalue weighted by molar-refractivity contribution is 6.42. The van der Waals surface area contributed by atoms with Gasteiger partial charge in [-0.2, -0.15) is 0 Å². The summed E-state index contributed by atoms with van der Waals surface area (Å²) < 4.78 is 5.59. The maximum atomic E-state index is 13.3. The Morgan fingerprint density at radius 3 is 2.38 bits per heavy atom. The number of nitrogens with two attached hydrogens (primary N) is 1. The molecule has 37 heavy (non-hydrogen) atoms. The van der Waals surface area contributed by atoms with Gasteiger partial charge in [0.15, 0.2) is 0 Å². The molecule has 4 rings (SSSR count). The summed E-state index contributed by atoms with van der Waals surface area (Å²) in [4.78, 5) is 30.1. The summed E-state index contributed by atoms with van der Waals surface area (Å²) in [5.74, 6) is -0.236. The number of primary amides is 1. The summed E-state index contributed by atoms with van der Waals surface area (Å²) >= 11 is 12.7. The summed E-state index contributed by atoms with van der Waals surface area (Å²) in [6, 6.07) is 15.6. The second-order valence-electron chi connectivity index (χ2n) is 11.4. The average Bonchev–Trinajstić information content (AvgIpc) is 3.35. The Balaban J connectivity index is 1.61. The van der Waals surface area contributed by atoms with Crippen LogP contribution in [0.3, 0.4) is 0 Å². The Labute approximate surface area is 230 Å². The molecule has 8 heteroatoms. The lowest BCUT2D eigenvalue weighted by atomic mass is 9.62. The molecule has 4 atom stereocenters. The van der Waals surface area contributed by atoms with Crippen LogP contribution in [0.5, 0.6) is 0 Å². The minimum atomic E-state index is -0.868. The van der Waals surface area contributed by atoms with Crippen molar-refractivity contribution >= 4 is 35.2 Å². The van der Waals surface area contributed by atoms with Crippen LogP contribution >= 0.6 is 23.2 Å². The minimum absolute atomic E-state index is 0.207. The number of piperidine rings is 1. The highest BCUT2D eigenvalue weighted by Gasteiger charge is 2.51. The summed E-state index contributed by atoms with van der Waals surface area (Å²) in [6.07, 6.45) is 1.24. The van der Waals surface area contributed by atoms with E-state index in [0.717, 1.165) is 24.1 Å². The van der Waals surface area contributed by atoms with E-state index in [9.17, 15) is 9.59 Å². The summed E-state index contributed by atoms with van der Waals surface area (Å²) in [5, 5.41) is 0.934. The summed E-state index contributed by atoms with van der Waals surface area (Å²) in [7, 11) is 0. The SMILES string of the molecule is CC(C1CCN(C(=O)OC(C)(C)C)C1)N1CCC(C(N)=O)(c2ccccc2)C(c2ccc(Cl)c(Cl)c2)C1. The van der Waals surface area contributed by atoms with Gasteiger partial charge in [0.25, 0.3) is 0 Å². The number of benzene rings is 2. The maximum Gasteiger partial charge on any atom is 0.410 e. The molecule has 2 aromatic carbocycles. The van der Waals surface area contributed by atoms with Gasteiger partial charge in [-0.3, -0.25) is 9.69 Å². The van der Waals surface area contributed by atoms with Crippen molar-refractivity contribution in [1.82, 2.24) is 9.80 Å². The molecule has 4 unspecified atom stereocenters. The Hall–Kier alpha value is -2.28. The third-order valence-electron chi connectivity index (χ3n) is 8.01. The molecule has 6 nitrogen and oxygen atoms in total. The zero-order valence-corrected chi connectivity index (χ0v) is 23.6. The number of hydrogen-bond donors (Lipinski definition) is 1. The maximum absolute atomic E-state index is 13.3. The molecule has 0 aromatic heterocycles. The van der Waals surface area contributed by atoms with Crippen molar-refractivity contribution in [3.05, 3.63) is 69.7 Å². The fourth-order valence-electron chi connectivity index (χ4n) is 5.95. The average molecular weight is 547 g/mol. The van der Waals surface area contributed by atoms with Crippen molar-refractivity contribution in [2.45, 2.75) is 63.5 Å². The third-order valence-corrected chi connectivity index (χ3v) is 8.75. The van der Waals surface area contributed by atoms with Gasteiger partial charge in [0.05, 0.1) is 15.5 Å². The number of likely N-dealkylation sites (tertiary alicyclic amines) is 2. The highest BCUT2D eigenvalue weighted by Crippen LogP contribution is 2.47. The smallest absolute Gasteiger partial charge is 0.410 e. The van der Waals surface area contributed by atoms with E-state index in [1.54, 1.807) is 6.07 Å². The van der Waals surface area contributed by atoms with Crippen molar-refractivity contribution in [1.29, 1.82) is 0 Å². The molecule has 2 saturated heterocycles. The first-order valence-electron chi connectivity index (χ1n) is 12.9. The number of ether oxygens (including phenoxy) is 1. The minimum Gasteiger partial charge on any atom is -0.444 e. The monoisotopic (exact) mass is 545 g/mol. The van der Waals surface area contributed by atoms with Crippen LogP contribution in [0.1, 0.15) is 57.6 Å². The molecule has 2 aromatic rings. The Morgan fingerprint density at radius 2 is 1.76 bits per heavy atom. The van der Waals surface area contributed by atoms with Crippen LogP contribution in [0.4, 0.5) is 4.79 Å². The van der Waals surface area contributed by atoms with Crippen molar-refractivity contribution in [3.8, 4) is 0 Å². The first-order chi connectivity index (χ1) is 17.4. The normalized spacial score (nSPS) is 25.6. The fourth-order valence-corrected chi connectivity index (χ4v) is 6.26. The standard InChI is InChI=1S/C29H37Cl2N3O3/c1-19(21-12-14-34(17-21)27(36)37-28(2,3)4)33-15-13-29(26(32)35,22-8-6-5-7-9-22)23(18-33)20-10-11-24(30)25(31)16-20/h5-11,16,19,21,23H,12-15,17-18H2,1-4H3,(H2,32,35). The van der Waals surface area contributed by atoms with Crippen molar-refractivity contribution < 1.29 is 14.3 Å². The van der Waals surface area contributed by atoms with E-state index >= 15 is 0 Å². The van der Waals surface area contributed by atoms with Crippen LogP contribution in [-0.2, 0) is 14.9 Å². The van der Waals surface area contributed by atoms with E-state index in [0.29, 0.717) is 42.0 Å². The molecule has 0 spiro atoms. The van der Waals surface area contributed by atoms with E-state index in [4.69, 9.17) is 33.7 Å². The zero-order chi connectivity index (χ0) is 27.0. The predicted octanol–water partition coefficient (Wildman–Crippen LogP) is 5.85. The van der Waals surface area contributed by atoms with Crippen molar-refractivity contribution in [2.24, 2.45) is 11.7 Å². The van der Waals surface area contributed by atoms with Crippen LogP contribution in [0, 0.1) is 5.92 Å². The van der Waals surface area contributed by atoms with Gasteiger partial charge >= 0.3 is 6.09 Å². The fraction of sp³-hybridized carbons (Fsp3) is 0.517. The number of halogens is 2. The molecule has 0 radical (unpaired) electrons. The molecule has 0 saturated carbocycles. The lowest BCUT2D eigenvalue weighted by Crippen LogP contribution is -2.57. The van der Waals surface area contributed by atoms with Crippen molar-refractivity contribution in [2.75, 3.05) is 26.2 Å². The Bertz CT molecular complexity index is 1140. The molecule has 2 amide bonds. The molecular weight excluding hydrogens is 509 g/mol. The molecule has 0 aliphatic carbocycles. The number of rotatable bonds is 5. The number of carbonyl (C=O) groups is 2. The van der Waals surface area contributed by atoms with Crippen LogP contribution < -0.4 is 5.73 Å². The van der Waals surface area contributed by atoms with Gasteiger partial charge in [-0.05, 0) is 76.3 Å². The number of hydrogen-bond acceptors (Lipinski definition) is 4. The van der Waals surface area contributed by atoms with Gasteiger partial charge in [0, 0.05) is 31.6 Å². The quantitative estimate of drug-likeness (QED) is 0.511. The number of amides is 2. The van der Waals surface area contributed by atoms with Gasteiger partial charge in [-0.15, -0.1) is 0 Å². The topological polar surface area (TPSA) is 75.9 Å². The second kappa shape index (κ2) is 10.8. The number of nitrogens with zero attached hydrogens (tertiary/aromatic N) is 2. The predicted molar refractivity (Wildman–Crippen MR) is 148 cm³/mol. The molecule has 2 fully saturated rings. The van der Waals surface area contributed by atoms with Gasteiger partial charge in [0.2, 0.25) is 5.91 Å². The van der Waals surface area contributed by atoms with Crippen LogP contribution in [0.25, 0.3) is 0 Å². The van der Waals surface area contributed by atoms with E-state index in [1.165, 1.54) is 0 Å². The van der Waals surface area contributed by atoms with E-state index in [2.05, 4.69) is 11.8 Å². The molecular formula is C29H37Cl2N3O3. The Morgan fingerprint density at radius 1 is 1.05 bits per heavy atom. The second-order valence-corrected chi connectivity index (χ2v) is 12.2. The lowest BCUT2D eigenvalue weighted by Gasteiger charge is -2.49. The van der Waals surface area contributed by atoms with E-state index < -0.39 is 11.0 Å². The summed E-state index contributed by atoms with van der Waals surface area (Å²) in [5.41, 5.74) is 6.67. The van der Waals surface area contributed by atoms with Gasteiger partial charge in [-0.25, -0.2) is 4.79 Å². The van der Waals surface area contributed by atoms with E-state index in [1.807, 2.05) is 68.1 Å². The van der Waals surface area contributed by atoms with Crippen LogP contribution in [0.15, 0.2) is 48.5 Å². The first kappa shape index (κ1) is 27.7. The molecule has 0 bridgehead atoms. The van der Waals surface area contributed by atoms with Crippen molar-refractivity contribution in [3.63, 3.8) is 0 Å². The number of carbonyl (C=O) groups excluding carboxylic acids is 2. The largest absolute Gasteiger partial charge is 0.444 e. The van der Waals surface area contributed by atoms with Gasteiger partial charge in [-0.1, -0.05) is 59.6 Å². The molecule has 200 valence electrons. The van der Waals surface area contributed by atoms with Gasteiger partial charge in [0.1, 0.15) is 5.60 Å². The Kier molecular flexibility index (Phi) is 8.13. The molecule has 2 heterocycles. The van der Waals surface area contributed by atoms with Crippen LogP contribution in [-0.4, -0.2) is 59.6 Å². The molecule has 2 aliphatic heterocycles. The van der Waals surface area contributed by atoms with E-state index in [-0.39, 0.29) is 24.0 Å². The van der Waals surface area contributed by atoms with Crippen LogP contribution in [0.2, 0.25) is 10.0 Å². The highest BCUT2D eigenvalue weighted by atomic mass is 35.5. The zero-order valence-electron chi connectivity index (χ0n) is 22.0. The first-order valence-corrected chi connectivity index (χ1v) is 13.7. The van der Waals surface area contributed by atoms with Gasteiger partial charge < -0.3 is 15.4 Å². The lowest BCUT2D eigenvalue weighted by molar-refractivity contribution is -0.126.